The third kappa shape index (κ3) is 5.42. The van der Waals surface area contributed by atoms with Crippen LogP contribution in [0.1, 0.15) is 32.3 Å². The Labute approximate surface area is 116 Å². The van der Waals surface area contributed by atoms with E-state index in [1.54, 1.807) is 6.33 Å². The highest BCUT2D eigenvalue weighted by molar-refractivity contribution is 5.48. The van der Waals surface area contributed by atoms with Gasteiger partial charge in [-0.25, -0.2) is 9.97 Å². The van der Waals surface area contributed by atoms with Gasteiger partial charge in [0.1, 0.15) is 12.1 Å². The summed E-state index contributed by atoms with van der Waals surface area (Å²) < 4.78 is 5.81. The van der Waals surface area contributed by atoms with Gasteiger partial charge in [-0.2, -0.15) is 0 Å². The van der Waals surface area contributed by atoms with Crippen molar-refractivity contribution in [3.63, 3.8) is 0 Å². The average molecular weight is 266 g/mol. The molecule has 1 N–H and O–H groups in total. The Bertz CT molecular complexity index is 368. The van der Waals surface area contributed by atoms with Crippen LogP contribution in [0, 0.1) is 0 Å². The molecule has 0 aliphatic rings. The monoisotopic (exact) mass is 266 g/mol. The van der Waals surface area contributed by atoms with Crippen molar-refractivity contribution in [1.82, 2.24) is 14.9 Å². The molecular formula is C14H26N4O. The maximum Gasteiger partial charge on any atom is 0.221 e. The lowest BCUT2D eigenvalue weighted by Crippen LogP contribution is -2.16. The lowest BCUT2D eigenvalue weighted by atomic mass is 10.1. The fraction of sp³-hybridized carbons (Fsp3) is 0.714. The molecule has 0 amide bonds. The Morgan fingerprint density at radius 1 is 1.26 bits per heavy atom. The minimum absolute atomic E-state index is 0.692. The molecule has 1 aromatic rings. The van der Waals surface area contributed by atoms with Gasteiger partial charge in [-0.1, -0.05) is 13.3 Å². The molecule has 0 saturated carbocycles. The highest BCUT2D eigenvalue weighted by Gasteiger charge is 2.11. The van der Waals surface area contributed by atoms with Crippen molar-refractivity contribution in [3.8, 4) is 5.88 Å². The fourth-order valence-electron chi connectivity index (χ4n) is 1.87. The summed E-state index contributed by atoms with van der Waals surface area (Å²) >= 11 is 0. The molecule has 0 unspecified atom stereocenters. The molecule has 1 heterocycles. The molecule has 0 aliphatic heterocycles. The number of hydrogen-bond donors (Lipinski definition) is 1. The number of nitrogens with one attached hydrogen (secondary N) is 1. The van der Waals surface area contributed by atoms with Crippen LogP contribution in [-0.2, 0) is 6.42 Å². The second-order valence-corrected chi connectivity index (χ2v) is 4.79. The van der Waals surface area contributed by atoms with Crippen molar-refractivity contribution in [3.05, 3.63) is 11.9 Å². The second-order valence-electron chi connectivity index (χ2n) is 4.79. The Morgan fingerprint density at radius 3 is 2.68 bits per heavy atom. The van der Waals surface area contributed by atoms with E-state index in [0.29, 0.717) is 6.61 Å². The van der Waals surface area contributed by atoms with Crippen LogP contribution in [0.3, 0.4) is 0 Å². The van der Waals surface area contributed by atoms with Crippen molar-refractivity contribution in [2.75, 3.05) is 39.1 Å². The van der Waals surface area contributed by atoms with Crippen molar-refractivity contribution >= 4 is 5.82 Å². The Kier molecular flexibility index (Phi) is 7.18. The van der Waals surface area contributed by atoms with E-state index in [2.05, 4.69) is 48.1 Å². The van der Waals surface area contributed by atoms with E-state index in [4.69, 9.17) is 4.74 Å². The molecule has 1 rings (SSSR count). The van der Waals surface area contributed by atoms with Gasteiger partial charge >= 0.3 is 0 Å². The van der Waals surface area contributed by atoms with Crippen LogP contribution in [-0.4, -0.2) is 48.7 Å². The molecule has 1 aromatic heterocycles. The van der Waals surface area contributed by atoms with Gasteiger partial charge < -0.3 is 15.0 Å². The molecule has 0 saturated heterocycles. The van der Waals surface area contributed by atoms with E-state index in [9.17, 15) is 0 Å². The highest BCUT2D eigenvalue weighted by Crippen LogP contribution is 2.23. The number of aromatic nitrogens is 2. The lowest BCUT2D eigenvalue weighted by molar-refractivity contribution is 0.270. The molecule has 5 nitrogen and oxygen atoms in total. The average Bonchev–Trinajstić information content (AvgIpc) is 2.38. The van der Waals surface area contributed by atoms with Crippen LogP contribution in [0.4, 0.5) is 5.82 Å². The maximum atomic E-state index is 5.81. The molecule has 0 aromatic carbocycles. The van der Waals surface area contributed by atoms with E-state index in [0.717, 1.165) is 49.6 Å². The Morgan fingerprint density at radius 2 is 2.05 bits per heavy atom. The van der Waals surface area contributed by atoms with Gasteiger partial charge in [-0.05, 0) is 33.9 Å². The predicted molar refractivity (Wildman–Crippen MR) is 78.9 cm³/mol. The fourth-order valence-corrected chi connectivity index (χ4v) is 1.87. The highest BCUT2D eigenvalue weighted by atomic mass is 16.5. The van der Waals surface area contributed by atoms with Gasteiger partial charge in [0.2, 0.25) is 5.88 Å². The van der Waals surface area contributed by atoms with Gasteiger partial charge in [-0.15, -0.1) is 0 Å². The summed E-state index contributed by atoms with van der Waals surface area (Å²) in [5, 5.41) is 3.27. The van der Waals surface area contributed by atoms with Crippen molar-refractivity contribution in [1.29, 1.82) is 0 Å². The third-order valence-corrected chi connectivity index (χ3v) is 2.74. The molecule has 0 atom stereocenters. The Balaban J connectivity index is 2.67. The van der Waals surface area contributed by atoms with Crippen molar-refractivity contribution in [2.45, 2.75) is 33.1 Å². The smallest absolute Gasteiger partial charge is 0.221 e. The van der Waals surface area contributed by atoms with Crippen molar-refractivity contribution in [2.24, 2.45) is 0 Å². The lowest BCUT2D eigenvalue weighted by Gasteiger charge is -2.14. The zero-order valence-corrected chi connectivity index (χ0v) is 12.6. The molecule has 0 spiro atoms. The first-order chi connectivity index (χ1) is 9.19. The minimum Gasteiger partial charge on any atom is -0.477 e. The molecule has 108 valence electrons. The summed E-state index contributed by atoms with van der Waals surface area (Å²) in [6.45, 7) is 6.79. The van der Waals surface area contributed by atoms with Crippen LogP contribution in [0.5, 0.6) is 5.88 Å². The van der Waals surface area contributed by atoms with Gasteiger partial charge in [0.05, 0.1) is 12.2 Å². The standard InChI is InChI=1S/C14H26N4O/c1-5-8-12-13(15-6-2)16-11-17-14(12)19-10-7-9-18(3)4/h11H,5-10H2,1-4H3,(H,15,16,17). The molecule has 0 bridgehead atoms. The largest absolute Gasteiger partial charge is 0.477 e. The molecule has 19 heavy (non-hydrogen) atoms. The van der Waals surface area contributed by atoms with Crippen LogP contribution in [0.25, 0.3) is 0 Å². The van der Waals surface area contributed by atoms with Crippen LogP contribution in [0.2, 0.25) is 0 Å². The van der Waals surface area contributed by atoms with Crippen molar-refractivity contribution < 1.29 is 4.74 Å². The van der Waals surface area contributed by atoms with Gasteiger partial charge in [0, 0.05) is 13.1 Å². The maximum absolute atomic E-state index is 5.81. The molecule has 0 aliphatic carbocycles. The topological polar surface area (TPSA) is 50.3 Å². The van der Waals surface area contributed by atoms with E-state index in [-0.39, 0.29) is 0 Å². The first-order valence-corrected chi connectivity index (χ1v) is 7.04. The molecule has 5 heteroatoms. The number of hydrogen-bond acceptors (Lipinski definition) is 5. The van der Waals surface area contributed by atoms with E-state index in [1.165, 1.54) is 0 Å². The van der Waals surface area contributed by atoms with Gasteiger partial charge in [-0.3, -0.25) is 0 Å². The van der Waals surface area contributed by atoms with E-state index in [1.807, 2.05) is 0 Å². The van der Waals surface area contributed by atoms with E-state index >= 15 is 0 Å². The molecule has 0 fully saturated rings. The number of ether oxygens (including phenoxy) is 1. The van der Waals surface area contributed by atoms with E-state index < -0.39 is 0 Å². The SMILES string of the molecule is CCCc1c(NCC)ncnc1OCCCN(C)C. The zero-order valence-electron chi connectivity index (χ0n) is 12.6. The van der Waals surface area contributed by atoms with Crippen LogP contribution >= 0.6 is 0 Å². The first-order valence-electron chi connectivity index (χ1n) is 7.04. The Hall–Kier alpha value is -1.36. The van der Waals surface area contributed by atoms with Crippen LogP contribution < -0.4 is 10.1 Å². The molecule has 0 radical (unpaired) electrons. The first kappa shape index (κ1) is 15.7. The third-order valence-electron chi connectivity index (χ3n) is 2.74. The van der Waals surface area contributed by atoms with Crippen LogP contribution in [0.15, 0.2) is 6.33 Å². The number of nitrogens with zero attached hydrogens (tertiary/aromatic N) is 3. The zero-order chi connectivity index (χ0) is 14.1. The summed E-state index contributed by atoms with van der Waals surface area (Å²) in [4.78, 5) is 10.7. The summed E-state index contributed by atoms with van der Waals surface area (Å²) in [5.74, 6) is 1.63. The van der Waals surface area contributed by atoms with Gasteiger partial charge in [0.25, 0.3) is 0 Å². The predicted octanol–water partition coefficient (Wildman–Crippen LogP) is 2.19. The summed E-state index contributed by atoms with van der Waals surface area (Å²) in [5.41, 5.74) is 1.09. The summed E-state index contributed by atoms with van der Waals surface area (Å²) in [6, 6.07) is 0. The van der Waals surface area contributed by atoms with Gasteiger partial charge in [0.15, 0.2) is 0 Å². The summed E-state index contributed by atoms with van der Waals surface area (Å²) in [6.07, 6.45) is 4.56. The molecular weight excluding hydrogens is 240 g/mol. The quantitative estimate of drug-likeness (QED) is 0.694. The number of rotatable bonds is 9. The minimum atomic E-state index is 0.692. The normalized spacial score (nSPS) is 10.8. The summed E-state index contributed by atoms with van der Waals surface area (Å²) in [7, 11) is 4.13. The second kappa shape index (κ2) is 8.69. The number of anilines is 1.